The molecule has 2 aliphatic rings. The van der Waals surface area contributed by atoms with Crippen molar-refractivity contribution >= 4 is 0 Å². The second-order valence-electron chi connectivity index (χ2n) is 6.52. The largest absolute Gasteiger partial charge is 0.380 e. The number of pyridine rings is 1. The minimum atomic E-state index is 0.276. The van der Waals surface area contributed by atoms with Crippen LogP contribution in [0.5, 0.6) is 0 Å². The van der Waals surface area contributed by atoms with Gasteiger partial charge >= 0.3 is 0 Å². The number of aryl methyl sites for hydroxylation is 1. The molecular formula is C17H23N5O2. The number of hydrogen-bond acceptors (Lipinski definition) is 6. The van der Waals surface area contributed by atoms with Gasteiger partial charge in [-0.3, -0.25) is 14.6 Å². The van der Waals surface area contributed by atoms with Crippen molar-refractivity contribution < 1.29 is 9.47 Å². The van der Waals surface area contributed by atoms with Crippen molar-refractivity contribution in [3.05, 3.63) is 41.5 Å². The summed E-state index contributed by atoms with van der Waals surface area (Å²) in [4.78, 5) is 6.78. The Morgan fingerprint density at radius 1 is 1.38 bits per heavy atom. The first-order chi connectivity index (χ1) is 11.8. The molecule has 4 heterocycles. The number of rotatable bonds is 5. The lowest BCUT2D eigenvalue weighted by Crippen LogP contribution is -2.43. The van der Waals surface area contributed by atoms with E-state index in [1.54, 1.807) is 6.20 Å². The molecule has 0 bridgehead atoms. The molecule has 7 heteroatoms. The third-order valence-electron chi connectivity index (χ3n) is 4.86. The molecule has 0 amide bonds. The second-order valence-corrected chi connectivity index (χ2v) is 6.52. The zero-order valence-corrected chi connectivity index (χ0v) is 14.0. The third-order valence-corrected chi connectivity index (χ3v) is 4.86. The molecule has 7 nitrogen and oxygen atoms in total. The summed E-state index contributed by atoms with van der Waals surface area (Å²) in [5, 5.41) is 8.57. The summed E-state index contributed by atoms with van der Waals surface area (Å²) in [6.45, 7) is 4.67. The van der Waals surface area contributed by atoms with Crippen LogP contribution in [0.15, 0.2) is 24.4 Å². The molecule has 0 N–H and O–H groups in total. The normalized spacial score (nSPS) is 24.2. The van der Waals surface area contributed by atoms with Crippen molar-refractivity contribution in [2.75, 3.05) is 26.4 Å². The van der Waals surface area contributed by atoms with E-state index < -0.39 is 0 Å². The van der Waals surface area contributed by atoms with Crippen LogP contribution in [0.4, 0.5) is 0 Å². The zero-order valence-electron chi connectivity index (χ0n) is 14.0. The highest BCUT2D eigenvalue weighted by atomic mass is 16.5. The maximum atomic E-state index is 5.96. The smallest absolute Gasteiger partial charge is 0.100 e. The van der Waals surface area contributed by atoms with Gasteiger partial charge in [-0.1, -0.05) is 11.3 Å². The summed E-state index contributed by atoms with van der Waals surface area (Å²) >= 11 is 0. The molecule has 0 aromatic carbocycles. The van der Waals surface area contributed by atoms with Gasteiger partial charge < -0.3 is 9.47 Å². The lowest BCUT2D eigenvalue weighted by atomic mass is 9.97. The van der Waals surface area contributed by atoms with E-state index in [9.17, 15) is 0 Å². The quantitative estimate of drug-likeness (QED) is 0.819. The molecule has 128 valence electrons. The molecular weight excluding hydrogens is 306 g/mol. The monoisotopic (exact) mass is 329 g/mol. The Balaban J connectivity index is 1.44. The summed E-state index contributed by atoms with van der Waals surface area (Å²) in [5.74, 6) is 0.276. The molecule has 2 aromatic heterocycles. The summed E-state index contributed by atoms with van der Waals surface area (Å²) < 4.78 is 13.4. The van der Waals surface area contributed by atoms with Gasteiger partial charge in [0.15, 0.2) is 0 Å². The summed E-state index contributed by atoms with van der Waals surface area (Å²) in [6, 6.07) is 6.37. The zero-order chi connectivity index (χ0) is 16.4. The van der Waals surface area contributed by atoms with Gasteiger partial charge in [-0.15, -0.1) is 5.10 Å². The fourth-order valence-corrected chi connectivity index (χ4v) is 3.66. The Bertz CT molecular complexity index is 669. The van der Waals surface area contributed by atoms with Crippen molar-refractivity contribution in [1.29, 1.82) is 0 Å². The van der Waals surface area contributed by atoms with E-state index in [2.05, 4.69) is 20.2 Å². The van der Waals surface area contributed by atoms with Crippen LogP contribution < -0.4 is 0 Å². The van der Waals surface area contributed by atoms with Gasteiger partial charge in [-0.25, -0.2) is 0 Å². The molecule has 0 radical (unpaired) electrons. The Hall–Kier alpha value is -1.83. The van der Waals surface area contributed by atoms with Crippen molar-refractivity contribution in [3.8, 4) is 0 Å². The fourth-order valence-electron chi connectivity index (χ4n) is 3.66. The van der Waals surface area contributed by atoms with E-state index in [0.717, 1.165) is 44.1 Å². The number of nitrogens with zero attached hydrogens (tertiary/aromatic N) is 5. The Labute approximate surface area is 141 Å². The molecule has 1 saturated heterocycles. The van der Waals surface area contributed by atoms with Crippen LogP contribution in [0.3, 0.4) is 0 Å². The molecule has 2 aliphatic heterocycles. The number of fused-ring (bicyclic) bond motifs is 1. The highest BCUT2D eigenvalue weighted by molar-refractivity contribution is 5.20. The predicted molar refractivity (Wildman–Crippen MR) is 87.3 cm³/mol. The van der Waals surface area contributed by atoms with Gasteiger partial charge in [0.05, 0.1) is 31.2 Å². The average Bonchev–Trinajstić information content (AvgIpc) is 3.26. The number of ether oxygens (including phenoxy) is 2. The van der Waals surface area contributed by atoms with Crippen molar-refractivity contribution in [3.63, 3.8) is 0 Å². The lowest BCUT2D eigenvalue weighted by molar-refractivity contribution is 0.0674. The maximum Gasteiger partial charge on any atom is 0.100 e. The van der Waals surface area contributed by atoms with Crippen LogP contribution >= 0.6 is 0 Å². The first-order valence-electron chi connectivity index (χ1n) is 8.49. The van der Waals surface area contributed by atoms with Gasteiger partial charge in [-0.05, 0) is 18.6 Å². The lowest BCUT2D eigenvalue weighted by Gasteiger charge is -2.35. The van der Waals surface area contributed by atoms with Gasteiger partial charge in [0, 0.05) is 44.9 Å². The van der Waals surface area contributed by atoms with Crippen molar-refractivity contribution in [1.82, 2.24) is 24.9 Å². The van der Waals surface area contributed by atoms with Gasteiger partial charge in [0.2, 0.25) is 0 Å². The fraction of sp³-hybridized carbons (Fsp3) is 0.588. The molecule has 1 fully saturated rings. The standard InChI is InChI=1S/C17H23N5O2/c1-21-17-13(10-24-11-14-4-2-3-6-18-14)8-22(9-16(17)19-20-21)15-5-7-23-12-15/h2-4,6,13,15H,5,7-12H2,1H3. The predicted octanol–water partition coefficient (Wildman–Crippen LogP) is 1.11. The molecule has 2 atom stereocenters. The molecule has 0 spiro atoms. The SMILES string of the molecule is Cn1nnc2c1C(COCc1ccccn1)CN(C1CCOC1)C2. The van der Waals surface area contributed by atoms with Crippen molar-refractivity contribution in [2.24, 2.45) is 7.05 Å². The Morgan fingerprint density at radius 2 is 2.33 bits per heavy atom. The van der Waals surface area contributed by atoms with Crippen LogP contribution in [0, 0.1) is 0 Å². The van der Waals surface area contributed by atoms with E-state index in [0.29, 0.717) is 19.3 Å². The molecule has 24 heavy (non-hydrogen) atoms. The van der Waals surface area contributed by atoms with Gasteiger partial charge in [0.1, 0.15) is 5.69 Å². The topological polar surface area (TPSA) is 65.3 Å². The van der Waals surface area contributed by atoms with Crippen molar-refractivity contribution in [2.45, 2.75) is 31.5 Å². The Kier molecular flexibility index (Phi) is 4.55. The maximum absolute atomic E-state index is 5.96. The highest BCUT2D eigenvalue weighted by Gasteiger charge is 2.34. The minimum absolute atomic E-state index is 0.276. The number of hydrogen-bond donors (Lipinski definition) is 0. The molecule has 4 rings (SSSR count). The third kappa shape index (κ3) is 3.19. The molecule has 0 aliphatic carbocycles. The van der Waals surface area contributed by atoms with Gasteiger partial charge in [0.25, 0.3) is 0 Å². The molecule has 0 saturated carbocycles. The first kappa shape index (κ1) is 15.7. The summed E-state index contributed by atoms with van der Waals surface area (Å²) in [6.07, 6.45) is 2.89. The van der Waals surface area contributed by atoms with E-state index in [4.69, 9.17) is 9.47 Å². The van der Waals surface area contributed by atoms with Gasteiger partial charge in [-0.2, -0.15) is 0 Å². The summed E-state index contributed by atoms with van der Waals surface area (Å²) in [7, 11) is 1.96. The van der Waals surface area contributed by atoms with Crippen LogP contribution in [0.25, 0.3) is 0 Å². The highest BCUT2D eigenvalue weighted by Crippen LogP contribution is 2.30. The first-order valence-corrected chi connectivity index (χ1v) is 8.49. The molecule has 2 aromatic rings. The van der Waals surface area contributed by atoms with Crippen LogP contribution in [-0.2, 0) is 29.7 Å². The van der Waals surface area contributed by atoms with Crippen LogP contribution in [0.2, 0.25) is 0 Å². The van der Waals surface area contributed by atoms with Crippen LogP contribution in [-0.4, -0.2) is 57.3 Å². The van der Waals surface area contributed by atoms with E-state index in [1.807, 2.05) is 29.9 Å². The van der Waals surface area contributed by atoms with Crippen LogP contribution in [0.1, 0.15) is 29.4 Å². The Morgan fingerprint density at radius 3 is 3.12 bits per heavy atom. The van der Waals surface area contributed by atoms with E-state index in [1.165, 1.54) is 5.69 Å². The van der Waals surface area contributed by atoms with E-state index in [-0.39, 0.29) is 5.92 Å². The minimum Gasteiger partial charge on any atom is -0.380 e. The molecule has 2 unspecified atom stereocenters. The second kappa shape index (κ2) is 6.96. The van der Waals surface area contributed by atoms with E-state index >= 15 is 0 Å². The summed E-state index contributed by atoms with van der Waals surface area (Å²) in [5.41, 5.74) is 3.23. The average molecular weight is 329 g/mol. The number of aromatic nitrogens is 4.